The molecule has 0 radical (unpaired) electrons. The summed E-state index contributed by atoms with van der Waals surface area (Å²) in [7, 11) is 0. The monoisotopic (exact) mass is 373 g/mol. The summed E-state index contributed by atoms with van der Waals surface area (Å²) in [6.45, 7) is 0.789. The molecule has 2 atom stereocenters. The number of hydrogen-bond acceptors (Lipinski definition) is 1. The van der Waals surface area contributed by atoms with Crippen molar-refractivity contribution >= 4 is 37.8 Å². The van der Waals surface area contributed by atoms with Crippen LogP contribution >= 0.6 is 31.9 Å². The van der Waals surface area contributed by atoms with Gasteiger partial charge in [0.2, 0.25) is 0 Å². The van der Waals surface area contributed by atoms with E-state index in [1.807, 2.05) is 24.3 Å². The molecule has 0 bridgehead atoms. The maximum atomic E-state index is 11.9. The van der Waals surface area contributed by atoms with Crippen molar-refractivity contribution in [3.8, 4) is 0 Å². The van der Waals surface area contributed by atoms with Crippen LogP contribution in [-0.4, -0.2) is 17.3 Å². The highest BCUT2D eigenvalue weighted by atomic mass is 79.9. The third-order valence-corrected chi connectivity index (χ3v) is 4.74. The molecule has 0 aliphatic heterocycles. The minimum absolute atomic E-state index is 0.0270. The Morgan fingerprint density at radius 2 is 2.00 bits per heavy atom. The van der Waals surface area contributed by atoms with Gasteiger partial charge in [0.15, 0.2) is 0 Å². The van der Waals surface area contributed by atoms with Gasteiger partial charge < -0.3 is 5.32 Å². The molecule has 0 heterocycles. The lowest BCUT2D eigenvalue weighted by molar-refractivity contribution is 0.0944. The van der Waals surface area contributed by atoms with E-state index in [4.69, 9.17) is 0 Å². The molecule has 1 aromatic rings. The van der Waals surface area contributed by atoms with Gasteiger partial charge in [-0.2, -0.15) is 0 Å². The van der Waals surface area contributed by atoms with Crippen molar-refractivity contribution in [2.24, 2.45) is 5.92 Å². The van der Waals surface area contributed by atoms with Crippen LogP contribution in [0.25, 0.3) is 0 Å². The van der Waals surface area contributed by atoms with Crippen LogP contribution in [0.15, 0.2) is 28.7 Å². The first kappa shape index (κ1) is 14.1. The lowest BCUT2D eigenvalue weighted by Crippen LogP contribution is -2.31. The minimum Gasteiger partial charge on any atom is -0.352 e. The molecule has 4 heteroatoms. The van der Waals surface area contributed by atoms with E-state index in [-0.39, 0.29) is 5.91 Å². The quantitative estimate of drug-likeness (QED) is 0.791. The summed E-state index contributed by atoms with van der Waals surface area (Å²) < 4.78 is 0.994. The Hall–Kier alpha value is -0.350. The van der Waals surface area contributed by atoms with Crippen molar-refractivity contribution in [1.29, 1.82) is 0 Å². The van der Waals surface area contributed by atoms with Crippen LogP contribution in [-0.2, 0) is 0 Å². The Morgan fingerprint density at radius 1 is 1.28 bits per heavy atom. The second kappa shape index (κ2) is 6.71. The number of amides is 1. The molecule has 18 heavy (non-hydrogen) atoms. The zero-order valence-corrected chi connectivity index (χ0v) is 13.3. The molecule has 1 fully saturated rings. The molecule has 1 N–H and O–H groups in total. The van der Waals surface area contributed by atoms with Gasteiger partial charge in [0.1, 0.15) is 0 Å². The SMILES string of the molecule is O=C(NCC1CCCC(Br)C1)c1ccc(Br)cc1. The number of alkyl halides is 1. The third-order valence-electron chi connectivity index (χ3n) is 3.38. The van der Waals surface area contributed by atoms with Gasteiger partial charge in [0.25, 0.3) is 5.91 Å². The fraction of sp³-hybridized carbons (Fsp3) is 0.500. The highest BCUT2D eigenvalue weighted by Gasteiger charge is 2.20. The van der Waals surface area contributed by atoms with Crippen molar-refractivity contribution < 1.29 is 4.79 Å². The molecule has 1 amide bonds. The van der Waals surface area contributed by atoms with E-state index in [9.17, 15) is 4.79 Å². The smallest absolute Gasteiger partial charge is 0.251 e. The number of carbonyl (C=O) groups excluding carboxylic acids is 1. The Labute approximate surface area is 125 Å². The summed E-state index contributed by atoms with van der Waals surface area (Å²) in [6.07, 6.45) is 4.91. The largest absolute Gasteiger partial charge is 0.352 e. The van der Waals surface area contributed by atoms with Crippen molar-refractivity contribution in [2.75, 3.05) is 6.54 Å². The van der Waals surface area contributed by atoms with E-state index in [2.05, 4.69) is 37.2 Å². The first-order chi connectivity index (χ1) is 8.65. The molecule has 0 aromatic heterocycles. The molecule has 1 aliphatic rings. The zero-order chi connectivity index (χ0) is 13.0. The van der Waals surface area contributed by atoms with Gasteiger partial charge in [-0.1, -0.05) is 38.3 Å². The number of hydrogen-bond donors (Lipinski definition) is 1. The maximum absolute atomic E-state index is 11.9. The fourth-order valence-electron chi connectivity index (χ4n) is 2.35. The van der Waals surface area contributed by atoms with E-state index in [0.717, 1.165) is 16.6 Å². The molecule has 2 rings (SSSR count). The molecule has 1 saturated carbocycles. The Balaban J connectivity index is 1.82. The van der Waals surface area contributed by atoms with Crippen molar-refractivity contribution in [1.82, 2.24) is 5.32 Å². The van der Waals surface area contributed by atoms with Crippen LogP contribution in [0, 0.1) is 5.92 Å². The molecule has 1 aliphatic carbocycles. The molecule has 2 nitrogen and oxygen atoms in total. The Morgan fingerprint density at radius 3 is 2.67 bits per heavy atom. The number of carbonyl (C=O) groups is 1. The molecule has 0 spiro atoms. The van der Waals surface area contributed by atoms with Gasteiger partial charge in [-0.05, 0) is 49.4 Å². The van der Waals surface area contributed by atoms with Gasteiger partial charge >= 0.3 is 0 Å². The van der Waals surface area contributed by atoms with Crippen molar-refractivity contribution in [2.45, 2.75) is 30.5 Å². The average molecular weight is 375 g/mol. The van der Waals surface area contributed by atoms with Crippen molar-refractivity contribution in [3.05, 3.63) is 34.3 Å². The van der Waals surface area contributed by atoms with Crippen LogP contribution < -0.4 is 5.32 Å². The standard InChI is InChI=1S/C14H17Br2NO/c15-12-6-4-11(5-7-12)14(18)17-9-10-2-1-3-13(16)8-10/h4-7,10,13H,1-3,8-9H2,(H,17,18). The lowest BCUT2D eigenvalue weighted by Gasteiger charge is -2.25. The average Bonchev–Trinajstić information content (AvgIpc) is 2.37. The molecule has 2 unspecified atom stereocenters. The van der Waals surface area contributed by atoms with E-state index in [0.29, 0.717) is 10.7 Å². The van der Waals surface area contributed by atoms with Crippen molar-refractivity contribution in [3.63, 3.8) is 0 Å². The summed E-state index contributed by atoms with van der Waals surface area (Å²) >= 11 is 7.04. The summed E-state index contributed by atoms with van der Waals surface area (Å²) in [5.41, 5.74) is 0.726. The predicted octanol–water partition coefficient (Wildman–Crippen LogP) is 4.13. The molecular weight excluding hydrogens is 358 g/mol. The second-order valence-electron chi connectivity index (χ2n) is 4.85. The van der Waals surface area contributed by atoms with Crippen LogP contribution in [0.1, 0.15) is 36.0 Å². The lowest BCUT2D eigenvalue weighted by atomic mass is 9.89. The highest BCUT2D eigenvalue weighted by Crippen LogP contribution is 2.28. The van der Waals surface area contributed by atoms with Crippen LogP contribution in [0.2, 0.25) is 0 Å². The zero-order valence-electron chi connectivity index (χ0n) is 10.2. The van der Waals surface area contributed by atoms with E-state index in [1.165, 1.54) is 25.7 Å². The fourth-order valence-corrected chi connectivity index (χ4v) is 3.47. The maximum Gasteiger partial charge on any atom is 0.251 e. The predicted molar refractivity (Wildman–Crippen MR) is 81.1 cm³/mol. The van der Waals surface area contributed by atoms with Gasteiger partial charge in [0, 0.05) is 21.4 Å². The first-order valence-electron chi connectivity index (χ1n) is 6.33. The van der Waals surface area contributed by atoms with E-state index in [1.54, 1.807) is 0 Å². The minimum atomic E-state index is 0.0270. The van der Waals surface area contributed by atoms with E-state index < -0.39 is 0 Å². The van der Waals surface area contributed by atoms with Gasteiger partial charge in [0.05, 0.1) is 0 Å². The molecule has 1 aromatic carbocycles. The Kier molecular flexibility index (Phi) is 5.25. The summed E-state index contributed by atoms with van der Waals surface area (Å²) in [5.74, 6) is 0.640. The normalized spacial score (nSPS) is 23.7. The number of rotatable bonds is 3. The number of nitrogens with one attached hydrogen (secondary N) is 1. The highest BCUT2D eigenvalue weighted by molar-refractivity contribution is 9.10. The summed E-state index contributed by atoms with van der Waals surface area (Å²) in [5, 5.41) is 3.03. The number of benzene rings is 1. The van der Waals surface area contributed by atoms with Gasteiger partial charge in [-0.25, -0.2) is 0 Å². The molecule has 98 valence electrons. The van der Waals surface area contributed by atoms with Crippen LogP contribution in [0.4, 0.5) is 0 Å². The second-order valence-corrected chi connectivity index (χ2v) is 7.06. The first-order valence-corrected chi connectivity index (χ1v) is 8.04. The van der Waals surface area contributed by atoms with Gasteiger partial charge in [-0.3, -0.25) is 4.79 Å². The molecular formula is C14H17Br2NO. The van der Waals surface area contributed by atoms with E-state index >= 15 is 0 Å². The van der Waals surface area contributed by atoms with Crippen LogP contribution in [0.5, 0.6) is 0 Å². The topological polar surface area (TPSA) is 29.1 Å². The number of halogens is 2. The van der Waals surface area contributed by atoms with Crippen LogP contribution in [0.3, 0.4) is 0 Å². The van der Waals surface area contributed by atoms with Gasteiger partial charge in [-0.15, -0.1) is 0 Å². The molecule has 0 saturated heterocycles. The third kappa shape index (κ3) is 4.09. The Bertz CT molecular complexity index is 405. The summed E-state index contributed by atoms with van der Waals surface area (Å²) in [6, 6.07) is 7.47. The summed E-state index contributed by atoms with van der Waals surface area (Å²) in [4.78, 5) is 12.6.